The summed E-state index contributed by atoms with van der Waals surface area (Å²) in [6.45, 7) is 18.1. The molecule has 0 aromatic heterocycles. The number of hydrogen-bond donors (Lipinski definition) is 0. The number of rotatable bonds is 8. The molecule has 0 bridgehead atoms. The molecule has 0 saturated carbocycles. The van der Waals surface area contributed by atoms with Gasteiger partial charge in [-0.15, -0.1) is 0 Å². The van der Waals surface area contributed by atoms with Gasteiger partial charge in [0.1, 0.15) is 0 Å². The Morgan fingerprint density at radius 1 is 1.00 bits per heavy atom. The Balaban J connectivity index is 4.31. The molecule has 0 N–H and O–H groups in total. The first-order chi connectivity index (χ1) is 9.25. The highest BCUT2D eigenvalue weighted by atomic mass is 32.2. The standard InChI is InChI=1S/C17H36O3S/c1-14(2)15(17(6,7)8)12-21(18,19)11-9-10-20-13-16(3,4)5/h14-15H,9-13H2,1-8H3. The summed E-state index contributed by atoms with van der Waals surface area (Å²) in [5, 5.41) is 0. The van der Waals surface area contributed by atoms with Crippen molar-refractivity contribution >= 4 is 9.84 Å². The largest absolute Gasteiger partial charge is 0.381 e. The van der Waals surface area contributed by atoms with Crippen LogP contribution in [0.4, 0.5) is 0 Å². The molecule has 128 valence electrons. The van der Waals surface area contributed by atoms with E-state index in [4.69, 9.17) is 4.74 Å². The van der Waals surface area contributed by atoms with E-state index in [1.54, 1.807) is 0 Å². The second kappa shape index (κ2) is 7.96. The molecule has 0 amide bonds. The third-order valence-corrected chi connectivity index (χ3v) is 5.41. The molecule has 21 heavy (non-hydrogen) atoms. The third-order valence-electron chi connectivity index (χ3n) is 3.63. The lowest BCUT2D eigenvalue weighted by atomic mass is 9.75. The van der Waals surface area contributed by atoms with Crippen molar-refractivity contribution in [2.24, 2.45) is 22.7 Å². The minimum Gasteiger partial charge on any atom is -0.381 e. The van der Waals surface area contributed by atoms with Crippen LogP contribution >= 0.6 is 0 Å². The molecule has 1 unspecified atom stereocenters. The van der Waals surface area contributed by atoms with Crippen molar-refractivity contribution in [2.75, 3.05) is 24.7 Å². The Morgan fingerprint density at radius 3 is 1.90 bits per heavy atom. The molecule has 0 aliphatic carbocycles. The fourth-order valence-electron chi connectivity index (χ4n) is 2.56. The summed E-state index contributed by atoms with van der Waals surface area (Å²) in [6, 6.07) is 0. The van der Waals surface area contributed by atoms with Crippen LogP contribution in [0.25, 0.3) is 0 Å². The van der Waals surface area contributed by atoms with Crippen molar-refractivity contribution in [3.63, 3.8) is 0 Å². The van der Waals surface area contributed by atoms with Crippen molar-refractivity contribution in [3.05, 3.63) is 0 Å². The van der Waals surface area contributed by atoms with E-state index in [1.165, 1.54) is 0 Å². The monoisotopic (exact) mass is 320 g/mol. The van der Waals surface area contributed by atoms with Crippen LogP contribution in [0.5, 0.6) is 0 Å². The van der Waals surface area contributed by atoms with Crippen LogP contribution < -0.4 is 0 Å². The van der Waals surface area contributed by atoms with Crippen LogP contribution in [-0.4, -0.2) is 33.1 Å². The van der Waals surface area contributed by atoms with Gasteiger partial charge in [0, 0.05) is 6.61 Å². The van der Waals surface area contributed by atoms with E-state index in [1.807, 2.05) is 0 Å². The van der Waals surface area contributed by atoms with Gasteiger partial charge in [-0.05, 0) is 29.1 Å². The molecule has 0 fully saturated rings. The highest BCUT2D eigenvalue weighted by Gasteiger charge is 2.31. The maximum absolute atomic E-state index is 12.3. The molecule has 3 nitrogen and oxygen atoms in total. The molecular weight excluding hydrogens is 284 g/mol. The summed E-state index contributed by atoms with van der Waals surface area (Å²) in [5.74, 6) is 1.08. The second-order valence-electron chi connectivity index (χ2n) is 8.80. The number of hydrogen-bond acceptors (Lipinski definition) is 3. The lowest BCUT2D eigenvalue weighted by Gasteiger charge is -2.33. The van der Waals surface area contributed by atoms with Gasteiger partial charge in [0.2, 0.25) is 0 Å². The predicted molar refractivity (Wildman–Crippen MR) is 91.3 cm³/mol. The van der Waals surface area contributed by atoms with Crippen molar-refractivity contribution in [3.8, 4) is 0 Å². The molecule has 0 heterocycles. The zero-order valence-corrected chi connectivity index (χ0v) is 16.1. The number of ether oxygens (including phenoxy) is 1. The summed E-state index contributed by atoms with van der Waals surface area (Å²) < 4.78 is 30.1. The normalized spacial score (nSPS) is 15.5. The Kier molecular flexibility index (Phi) is 7.92. The van der Waals surface area contributed by atoms with Crippen LogP contribution in [-0.2, 0) is 14.6 Å². The van der Waals surface area contributed by atoms with Gasteiger partial charge in [0.05, 0.1) is 18.1 Å². The number of sulfone groups is 1. The summed E-state index contributed by atoms with van der Waals surface area (Å²) in [6.07, 6.45) is 0.591. The quantitative estimate of drug-likeness (QED) is 0.630. The SMILES string of the molecule is CC(C)C(CS(=O)(=O)CCCOCC(C)(C)C)C(C)(C)C. The van der Waals surface area contributed by atoms with Gasteiger partial charge in [-0.2, -0.15) is 0 Å². The Bertz CT molecular complexity index is 383. The lowest BCUT2D eigenvalue weighted by molar-refractivity contribution is 0.0720. The highest BCUT2D eigenvalue weighted by Crippen LogP contribution is 2.33. The summed E-state index contributed by atoms with van der Waals surface area (Å²) in [5.41, 5.74) is 0.151. The highest BCUT2D eigenvalue weighted by molar-refractivity contribution is 7.91. The summed E-state index contributed by atoms with van der Waals surface area (Å²) >= 11 is 0. The molecule has 0 spiro atoms. The van der Waals surface area contributed by atoms with E-state index in [-0.39, 0.29) is 28.3 Å². The van der Waals surface area contributed by atoms with Crippen molar-refractivity contribution in [1.82, 2.24) is 0 Å². The van der Waals surface area contributed by atoms with Gasteiger partial charge in [-0.25, -0.2) is 8.42 Å². The Labute approximate surface area is 132 Å². The maximum Gasteiger partial charge on any atom is 0.150 e. The maximum atomic E-state index is 12.3. The van der Waals surface area contributed by atoms with Crippen LogP contribution in [0.2, 0.25) is 0 Å². The molecule has 1 atom stereocenters. The van der Waals surface area contributed by atoms with Crippen LogP contribution in [0.3, 0.4) is 0 Å². The molecule has 4 heteroatoms. The van der Waals surface area contributed by atoms with Crippen LogP contribution in [0, 0.1) is 22.7 Å². The zero-order chi connectivity index (χ0) is 16.9. The topological polar surface area (TPSA) is 43.4 Å². The first-order valence-electron chi connectivity index (χ1n) is 8.03. The van der Waals surface area contributed by atoms with E-state index in [2.05, 4.69) is 55.4 Å². The van der Waals surface area contributed by atoms with Gasteiger partial charge in [0.15, 0.2) is 9.84 Å². The molecule has 0 radical (unpaired) electrons. The van der Waals surface area contributed by atoms with Crippen molar-refractivity contribution in [2.45, 2.75) is 61.8 Å². The van der Waals surface area contributed by atoms with E-state index >= 15 is 0 Å². The van der Waals surface area contributed by atoms with Gasteiger partial charge in [0.25, 0.3) is 0 Å². The van der Waals surface area contributed by atoms with Crippen LogP contribution in [0.15, 0.2) is 0 Å². The molecular formula is C17H36O3S. The van der Waals surface area contributed by atoms with E-state index in [0.29, 0.717) is 25.6 Å². The predicted octanol–water partition coefficient (Wildman–Crippen LogP) is 4.17. The average Bonchev–Trinajstić information content (AvgIpc) is 2.22. The van der Waals surface area contributed by atoms with Crippen molar-refractivity contribution < 1.29 is 13.2 Å². The van der Waals surface area contributed by atoms with E-state index in [9.17, 15) is 8.42 Å². The Hall–Kier alpha value is -0.0900. The Morgan fingerprint density at radius 2 is 1.52 bits per heavy atom. The minimum absolute atomic E-state index is 0.0178. The van der Waals surface area contributed by atoms with Gasteiger partial charge in [-0.1, -0.05) is 55.4 Å². The minimum atomic E-state index is -3.00. The molecule has 0 aromatic carbocycles. The van der Waals surface area contributed by atoms with E-state index in [0.717, 1.165) is 0 Å². The fourth-order valence-corrected chi connectivity index (χ4v) is 4.72. The second-order valence-corrected chi connectivity index (χ2v) is 11.0. The summed E-state index contributed by atoms with van der Waals surface area (Å²) in [4.78, 5) is 0. The fraction of sp³-hybridized carbons (Fsp3) is 1.00. The smallest absolute Gasteiger partial charge is 0.150 e. The zero-order valence-electron chi connectivity index (χ0n) is 15.3. The first-order valence-corrected chi connectivity index (χ1v) is 9.85. The molecule has 0 rings (SSSR count). The lowest BCUT2D eigenvalue weighted by Crippen LogP contribution is -2.33. The van der Waals surface area contributed by atoms with E-state index < -0.39 is 9.84 Å². The first kappa shape index (κ1) is 20.9. The van der Waals surface area contributed by atoms with Crippen LogP contribution in [0.1, 0.15) is 61.8 Å². The van der Waals surface area contributed by atoms with Gasteiger partial charge >= 0.3 is 0 Å². The molecule has 0 aliphatic heterocycles. The molecule has 0 saturated heterocycles. The van der Waals surface area contributed by atoms with Gasteiger partial charge in [-0.3, -0.25) is 0 Å². The molecule has 0 aromatic rings. The molecule has 0 aliphatic rings. The third kappa shape index (κ3) is 10.3. The van der Waals surface area contributed by atoms with Gasteiger partial charge < -0.3 is 4.74 Å². The van der Waals surface area contributed by atoms with Crippen molar-refractivity contribution in [1.29, 1.82) is 0 Å². The average molecular weight is 321 g/mol. The summed E-state index contributed by atoms with van der Waals surface area (Å²) in [7, 11) is -3.00.